The van der Waals surface area contributed by atoms with Crippen molar-refractivity contribution in [3.05, 3.63) is 59.2 Å². The molecule has 0 aliphatic heterocycles. The maximum atomic E-state index is 10.4. The van der Waals surface area contributed by atoms with Gasteiger partial charge in [0.2, 0.25) is 0 Å². The monoisotopic (exact) mass is 243 g/mol. The van der Waals surface area contributed by atoms with Crippen LogP contribution in [0.15, 0.2) is 42.5 Å². The molecule has 1 atom stereocenters. The first-order valence-corrected chi connectivity index (χ1v) is 5.80. The molecule has 0 aromatic heterocycles. The van der Waals surface area contributed by atoms with E-state index in [0.29, 0.717) is 17.0 Å². The molecule has 0 aliphatic carbocycles. The van der Waals surface area contributed by atoms with Crippen LogP contribution in [0.2, 0.25) is 0 Å². The highest BCUT2D eigenvalue weighted by atomic mass is 16.5. The first-order valence-electron chi connectivity index (χ1n) is 5.80. The van der Waals surface area contributed by atoms with E-state index < -0.39 is 6.10 Å². The van der Waals surface area contributed by atoms with Crippen LogP contribution in [0.4, 0.5) is 5.69 Å². The van der Waals surface area contributed by atoms with Gasteiger partial charge >= 0.3 is 0 Å². The molecular weight excluding hydrogens is 226 g/mol. The Balaban J connectivity index is 2.41. The van der Waals surface area contributed by atoms with Crippen LogP contribution in [0.5, 0.6) is 5.75 Å². The van der Waals surface area contributed by atoms with Gasteiger partial charge in [0.1, 0.15) is 11.9 Å². The van der Waals surface area contributed by atoms with Crippen LogP contribution in [0.1, 0.15) is 22.8 Å². The van der Waals surface area contributed by atoms with Crippen molar-refractivity contribution < 1.29 is 9.84 Å². The maximum absolute atomic E-state index is 10.4. The Labute approximate surface area is 107 Å². The van der Waals surface area contributed by atoms with E-state index in [2.05, 4.69) is 0 Å². The largest absolute Gasteiger partial charge is 0.497 e. The Morgan fingerprint density at radius 3 is 2.61 bits per heavy atom. The van der Waals surface area contributed by atoms with Gasteiger partial charge in [0.15, 0.2) is 0 Å². The number of anilines is 1. The van der Waals surface area contributed by atoms with Crippen molar-refractivity contribution >= 4 is 5.69 Å². The molecule has 3 nitrogen and oxygen atoms in total. The number of hydrogen-bond donors (Lipinski definition) is 2. The van der Waals surface area contributed by atoms with Crippen molar-refractivity contribution in [2.24, 2.45) is 0 Å². The van der Waals surface area contributed by atoms with E-state index >= 15 is 0 Å². The lowest BCUT2D eigenvalue weighted by Gasteiger charge is -2.15. The van der Waals surface area contributed by atoms with Crippen LogP contribution in [-0.4, -0.2) is 12.2 Å². The van der Waals surface area contributed by atoms with Crippen LogP contribution < -0.4 is 10.5 Å². The van der Waals surface area contributed by atoms with Crippen LogP contribution in [0, 0.1) is 6.92 Å². The molecule has 2 aromatic rings. The van der Waals surface area contributed by atoms with Gasteiger partial charge in [-0.2, -0.15) is 0 Å². The molecule has 0 amide bonds. The molecule has 3 heteroatoms. The van der Waals surface area contributed by atoms with Crippen LogP contribution in [0.25, 0.3) is 0 Å². The molecule has 0 bridgehead atoms. The van der Waals surface area contributed by atoms with Gasteiger partial charge in [0.25, 0.3) is 0 Å². The zero-order chi connectivity index (χ0) is 13.1. The number of ether oxygens (including phenoxy) is 1. The van der Waals surface area contributed by atoms with E-state index in [9.17, 15) is 5.11 Å². The summed E-state index contributed by atoms with van der Waals surface area (Å²) < 4.78 is 5.15. The predicted molar refractivity (Wildman–Crippen MR) is 72.6 cm³/mol. The van der Waals surface area contributed by atoms with Crippen molar-refractivity contribution in [1.29, 1.82) is 0 Å². The van der Waals surface area contributed by atoms with Crippen LogP contribution in [0.3, 0.4) is 0 Å². The maximum Gasteiger partial charge on any atom is 0.119 e. The number of rotatable bonds is 3. The number of nitrogen functional groups attached to an aromatic ring is 1. The minimum absolute atomic E-state index is 0.560. The molecule has 2 rings (SSSR count). The predicted octanol–water partition coefficient (Wildman–Crippen LogP) is 2.67. The van der Waals surface area contributed by atoms with E-state index in [1.807, 2.05) is 31.2 Å². The quantitative estimate of drug-likeness (QED) is 0.815. The van der Waals surface area contributed by atoms with Gasteiger partial charge in [0, 0.05) is 11.3 Å². The average Bonchev–Trinajstić information content (AvgIpc) is 2.38. The average molecular weight is 243 g/mol. The third-order valence-corrected chi connectivity index (χ3v) is 2.95. The summed E-state index contributed by atoms with van der Waals surface area (Å²) in [6.07, 6.45) is -0.736. The zero-order valence-electron chi connectivity index (χ0n) is 10.6. The lowest BCUT2D eigenvalue weighted by molar-refractivity contribution is 0.220. The molecule has 1 unspecified atom stereocenters. The van der Waals surface area contributed by atoms with Gasteiger partial charge in [-0.25, -0.2) is 0 Å². The third-order valence-electron chi connectivity index (χ3n) is 2.95. The summed E-state index contributed by atoms with van der Waals surface area (Å²) >= 11 is 0. The van der Waals surface area contributed by atoms with Crippen LogP contribution >= 0.6 is 0 Å². The molecule has 3 N–H and O–H groups in total. The number of hydrogen-bond acceptors (Lipinski definition) is 3. The normalized spacial score (nSPS) is 12.2. The number of nitrogens with two attached hydrogens (primary N) is 1. The smallest absolute Gasteiger partial charge is 0.119 e. The highest BCUT2D eigenvalue weighted by Crippen LogP contribution is 2.30. The standard InChI is InChI=1S/C15H17NO2/c1-10-4-3-5-11(8-10)15(17)13-9-12(18-2)6-7-14(13)16/h3-9,15,17H,16H2,1-2H3. The summed E-state index contributed by atoms with van der Waals surface area (Å²) in [6.45, 7) is 1.99. The van der Waals surface area contributed by atoms with Crippen molar-refractivity contribution in [3.63, 3.8) is 0 Å². The van der Waals surface area contributed by atoms with Crippen molar-refractivity contribution in [2.45, 2.75) is 13.0 Å². The van der Waals surface area contributed by atoms with Gasteiger partial charge < -0.3 is 15.6 Å². The molecule has 94 valence electrons. The van der Waals surface area contributed by atoms with Gasteiger partial charge in [-0.1, -0.05) is 29.8 Å². The summed E-state index contributed by atoms with van der Waals surface area (Å²) in [5, 5.41) is 10.4. The van der Waals surface area contributed by atoms with Crippen molar-refractivity contribution in [2.75, 3.05) is 12.8 Å². The topological polar surface area (TPSA) is 55.5 Å². The Bertz CT molecular complexity index is 552. The Kier molecular flexibility index (Phi) is 3.53. The lowest BCUT2D eigenvalue weighted by Crippen LogP contribution is -2.04. The number of aliphatic hydroxyl groups excluding tert-OH is 1. The third kappa shape index (κ3) is 2.46. The highest BCUT2D eigenvalue weighted by molar-refractivity contribution is 5.54. The first-order chi connectivity index (χ1) is 8.61. The van der Waals surface area contributed by atoms with Gasteiger partial charge in [0.05, 0.1) is 7.11 Å². The van der Waals surface area contributed by atoms with Crippen molar-refractivity contribution in [1.82, 2.24) is 0 Å². The molecule has 0 fully saturated rings. The fourth-order valence-electron chi connectivity index (χ4n) is 1.94. The minimum atomic E-state index is -0.736. The molecule has 0 spiro atoms. The van der Waals surface area contributed by atoms with E-state index in [-0.39, 0.29) is 0 Å². The van der Waals surface area contributed by atoms with E-state index in [4.69, 9.17) is 10.5 Å². The summed E-state index contributed by atoms with van der Waals surface area (Å²) in [4.78, 5) is 0. The summed E-state index contributed by atoms with van der Waals surface area (Å²) in [6, 6.07) is 13.0. The fourth-order valence-corrected chi connectivity index (χ4v) is 1.94. The number of aliphatic hydroxyl groups is 1. The second kappa shape index (κ2) is 5.10. The Hall–Kier alpha value is -2.00. The summed E-state index contributed by atoms with van der Waals surface area (Å²) in [5.41, 5.74) is 9.06. The molecular formula is C15H17NO2. The molecule has 0 saturated heterocycles. The summed E-state index contributed by atoms with van der Waals surface area (Å²) in [5.74, 6) is 0.686. The molecule has 18 heavy (non-hydrogen) atoms. The van der Waals surface area contributed by atoms with E-state index in [0.717, 1.165) is 11.1 Å². The molecule has 0 aliphatic rings. The lowest BCUT2D eigenvalue weighted by atomic mass is 9.98. The Morgan fingerprint density at radius 1 is 1.17 bits per heavy atom. The van der Waals surface area contributed by atoms with E-state index in [1.165, 1.54) is 0 Å². The summed E-state index contributed by atoms with van der Waals surface area (Å²) in [7, 11) is 1.59. The second-order valence-electron chi connectivity index (χ2n) is 4.31. The second-order valence-corrected chi connectivity index (χ2v) is 4.31. The van der Waals surface area contributed by atoms with Gasteiger partial charge in [-0.15, -0.1) is 0 Å². The molecule has 0 saturated carbocycles. The SMILES string of the molecule is COc1ccc(N)c(C(O)c2cccc(C)c2)c1. The van der Waals surface area contributed by atoms with Crippen LogP contribution in [-0.2, 0) is 0 Å². The number of benzene rings is 2. The minimum Gasteiger partial charge on any atom is -0.497 e. The van der Waals surface area contributed by atoms with Gasteiger partial charge in [-0.3, -0.25) is 0 Å². The first kappa shape index (κ1) is 12.5. The van der Waals surface area contributed by atoms with Crippen molar-refractivity contribution in [3.8, 4) is 5.75 Å². The Morgan fingerprint density at radius 2 is 1.94 bits per heavy atom. The van der Waals surface area contributed by atoms with Gasteiger partial charge in [-0.05, 0) is 30.7 Å². The van der Waals surface area contributed by atoms with E-state index in [1.54, 1.807) is 25.3 Å². The zero-order valence-corrected chi connectivity index (χ0v) is 10.6. The molecule has 2 aromatic carbocycles. The highest BCUT2D eigenvalue weighted by Gasteiger charge is 2.14. The fraction of sp³-hybridized carbons (Fsp3) is 0.200. The number of methoxy groups -OCH3 is 1. The molecule has 0 heterocycles. The molecule has 0 radical (unpaired) electrons. The number of aryl methyl sites for hydroxylation is 1.